The molecule has 13 heteroatoms. The molecule has 27 heavy (non-hydrogen) atoms. The molecule has 0 bridgehead atoms. The van der Waals surface area contributed by atoms with E-state index >= 15 is 0 Å². The number of aromatic amines is 1. The van der Waals surface area contributed by atoms with Crippen molar-refractivity contribution in [3.05, 3.63) is 24.3 Å². The minimum absolute atomic E-state index is 0.0310. The number of nitrogens with zero attached hydrogens (tertiary/aromatic N) is 4. The maximum absolute atomic E-state index is 14.3. The second kappa shape index (κ2) is 7.03. The molecule has 2 aromatic rings. The standard InChI is InChI=1S/C14H16F4N6O2S/c1-27(25,26)24-3-2-10(9(15)6-24)22-13-20-4-8(14(16,17)18)12(23-13)11-5-19-7-21-11/h4-5,7,9-10H,2-3,6H2,1H3,(H,19,21)(H,20,22,23)/t9-,10+/m1/s1. The molecule has 3 rings (SSSR count). The molecule has 1 fully saturated rings. The lowest BCUT2D eigenvalue weighted by molar-refractivity contribution is -0.137. The van der Waals surface area contributed by atoms with Crippen LogP contribution >= 0.6 is 0 Å². The van der Waals surface area contributed by atoms with Gasteiger partial charge in [-0.3, -0.25) is 0 Å². The van der Waals surface area contributed by atoms with Gasteiger partial charge in [0.2, 0.25) is 16.0 Å². The third-order valence-electron chi connectivity index (χ3n) is 4.12. The largest absolute Gasteiger partial charge is 0.420 e. The Morgan fingerprint density at radius 2 is 2.07 bits per heavy atom. The SMILES string of the molecule is CS(=O)(=O)N1CC[C@H](Nc2ncc(C(F)(F)F)c(-c3c[nH]cn3)n2)[C@H](F)C1. The van der Waals surface area contributed by atoms with Crippen LogP contribution in [0.2, 0.25) is 0 Å². The number of aromatic nitrogens is 4. The van der Waals surface area contributed by atoms with Crippen LogP contribution in [0.4, 0.5) is 23.5 Å². The highest BCUT2D eigenvalue weighted by atomic mass is 32.2. The number of anilines is 1. The van der Waals surface area contributed by atoms with Crippen molar-refractivity contribution >= 4 is 16.0 Å². The second-order valence-electron chi connectivity index (χ2n) is 6.08. The van der Waals surface area contributed by atoms with Crippen LogP contribution in [-0.4, -0.2) is 64.2 Å². The van der Waals surface area contributed by atoms with Crippen molar-refractivity contribution in [1.29, 1.82) is 0 Å². The van der Waals surface area contributed by atoms with Crippen molar-refractivity contribution < 1.29 is 26.0 Å². The smallest absolute Gasteiger partial charge is 0.351 e. The first-order chi connectivity index (χ1) is 12.6. The molecule has 0 saturated carbocycles. The highest BCUT2D eigenvalue weighted by molar-refractivity contribution is 7.88. The van der Waals surface area contributed by atoms with Crippen molar-refractivity contribution in [1.82, 2.24) is 24.2 Å². The fourth-order valence-corrected chi connectivity index (χ4v) is 3.60. The molecule has 3 heterocycles. The maximum Gasteiger partial charge on any atom is 0.420 e. The summed E-state index contributed by atoms with van der Waals surface area (Å²) in [6, 6.07) is -0.827. The van der Waals surface area contributed by atoms with Gasteiger partial charge in [-0.05, 0) is 6.42 Å². The van der Waals surface area contributed by atoms with Gasteiger partial charge in [0.1, 0.15) is 23.1 Å². The summed E-state index contributed by atoms with van der Waals surface area (Å²) in [5.41, 5.74) is -1.54. The van der Waals surface area contributed by atoms with Crippen molar-refractivity contribution in [3.63, 3.8) is 0 Å². The highest BCUT2D eigenvalue weighted by Gasteiger charge is 2.37. The number of halogens is 4. The van der Waals surface area contributed by atoms with Crippen molar-refractivity contribution in [2.75, 3.05) is 24.7 Å². The lowest BCUT2D eigenvalue weighted by atomic mass is 10.1. The molecule has 148 valence electrons. The van der Waals surface area contributed by atoms with E-state index in [0.29, 0.717) is 6.20 Å². The Bertz CT molecular complexity index is 903. The molecule has 2 atom stereocenters. The molecule has 0 aromatic carbocycles. The van der Waals surface area contributed by atoms with E-state index in [-0.39, 0.29) is 31.2 Å². The van der Waals surface area contributed by atoms with Crippen LogP contribution in [0.1, 0.15) is 12.0 Å². The van der Waals surface area contributed by atoms with E-state index < -0.39 is 39.7 Å². The molecule has 1 saturated heterocycles. The molecule has 2 N–H and O–H groups in total. The monoisotopic (exact) mass is 408 g/mol. The second-order valence-corrected chi connectivity index (χ2v) is 8.07. The van der Waals surface area contributed by atoms with Crippen LogP contribution in [0.3, 0.4) is 0 Å². The molecule has 0 amide bonds. The van der Waals surface area contributed by atoms with Gasteiger partial charge in [0.15, 0.2) is 0 Å². The van der Waals surface area contributed by atoms with Crippen LogP contribution < -0.4 is 5.32 Å². The average molecular weight is 408 g/mol. The molecule has 2 aromatic heterocycles. The van der Waals surface area contributed by atoms with E-state index in [1.54, 1.807) is 0 Å². The van der Waals surface area contributed by atoms with Crippen LogP contribution in [0.25, 0.3) is 11.4 Å². The zero-order chi connectivity index (χ0) is 19.8. The minimum atomic E-state index is -4.68. The Hall–Kier alpha value is -2.28. The van der Waals surface area contributed by atoms with Gasteiger partial charge in [0, 0.05) is 25.5 Å². The molecular weight excluding hydrogens is 392 g/mol. The lowest BCUT2D eigenvalue weighted by Crippen LogP contribution is -2.49. The molecule has 8 nitrogen and oxygen atoms in total. The highest BCUT2D eigenvalue weighted by Crippen LogP contribution is 2.35. The molecule has 0 aliphatic carbocycles. The van der Waals surface area contributed by atoms with Crippen LogP contribution in [-0.2, 0) is 16.2 Å². The van der Waals surface area contributed by atoms with Crippen molar-refractivity contribution in [3.8, 4) is 11.4 Å². The maximum atomic E-state index is 14.3. The number of alkyl halides is 4. The Balaban J connectivity index is 1.83. The number of H-pyrrole nitrogens is 1. The molecule has 1 aliphatic rings. The molecule has 0 spiro atoms. The zero-order valence-corrected chi connectivity index (χ0v) is 14.9. The van der Waals surface area contributed by atoms with E-state index in [1.165, 1.54) is 12.5 Å². The van der Waals surface area contributed by atoms with Gasteiger partial charge >= 0.3 is 6.18 Å². The Kier molecular flexibility index (Phi) is 5.08. The van der Waals surface area contributed by atoms with Crippen LogP contribution in [0, 0.1) is 0 Å². The summed E-state index contributed by atoms with van der Waals surface area (Å²) >= 11 is 0. The number of imidazole rings is 1. The zero-order valence-electron chi connectivity index (χ0n) is 14.0. The van der Waals surface area contributed by atoms with Gasteiger partial charge in [-0.15, -0.1) is 0 Å². The van der Waals surface area contributed by atoms with Gasteiger partial charge in [-0.1, -0.05) is 0 Å². The van der Waals surface area contributed by atoms with Crippen molar-refractivity contribution in [2.45, 2.75) is 24.8 Å². The van der Waals surface area contributed by atoms with Crippen molar-refractivity contribution in [2.24, 2.45) is 0 Å². The first-order valence-corrected chi connectivity index (χ1v) is 9.69. The predicted octanol–water partition coefficient (Wildman–Crippen LogP) is 1.67. The van der Waals surface area contributed by atoms with Crippen LogP contribution in [0.5, 0.6) is 0 Å². The number of rotatable bonds is 4. The number of hydrogen-bond donors (Lipinski definition) is 2. The lowest BCUT2D eigenvalue weighted by Gasteiger charge is -2.33. The quantitative estimate of drug-likeness (QED) is 0.746. The van der Waals surface area contributed by atoms with E-state index in [2.05, 4.69) is 25.3 Å². The topological polar surface area (TPSA) is 104 Å². The van der Waals surface area contributed by atoms with E-state index in [0.717, 1.165) is 10.6 Å². The summed E-state index contributed by atoms with van der Waals surface area (Å²) in [6.07, 6.45) is -2.06. The minimum Gasteiger partial charge on any atom is -0.351 e. The predicted molar refractivity (Wildman–Crippen MR) is 88.0 cm³/mol. The number of piperidine rings is 1. The normalized spacial score (nSPS) is 22.0. The third-order valence-corrected chi connectivity index (χ3v) is 5.39. The third kappa shape index (κ3) is 4.35. The van der Waals surface area contributed by atoms with Gasteiger partial charge in [0.25, 0.3) is 0 Å². The number of hydrogen-bond acceptors (Lipinski definition) is 6. The first-order valence-electron chi connectivity index (χ1n) is 7.85. The van der Waals surface area contributed by atoms with E-state index in [1.807, 2.05) is 0 Å². The summed E-state index contributed by atoms with van der Waals surface area (Å²) < 4.78 is 77.9. The van der Waals surface area contributed by atoms with E-state index in [4.69, 9.17) is 0 Å². The summed E-state index contributed by atoms with van der Waals surface area (Å²) in [7, 11) is -3.52. The summed E-state index contributed by atoms with van der Waals surface area (Å²) in [5, 5.41) is 2.66. The van der Waals surface area contributed by atoms with Gasteiger partial charge in [0.05, 0.1) is 18.6 Å². The average Bonchev–Trinajstić information content (AvgIpc) is 3.09. The number of nitrogens with one attached hydrogen (secondary N) is 2. The summed E-state index contributed by atoms with van der Waals surface area (Å²) in [4.78, 5) is 13.8. The summed E-state index contributed by atoms with van der Waals surface area (Å²) in [6.45, 7) is -0.257. The summed E-state index contributed by atoms with van der Waals surface area (Å²) in [5.74, 6) is -0.193. The van der Waals surface area contributed by atoms with Gasteiger partial charge in [-0.2, -0.15) is 17.5 Å². The molecule has 1 aliphatic heterocycles. The fourth-order valence-electron chi connectivity index (χ4n) is 2.75. The molecular formula is C14H16F4N6O2S. The number of sulfonamides is 1. The van der Waals surface area contributed by atoms with Gasteiger partial charge in [-0.25, -0.2) is 27.8 Å². The Morgan fingerprint density at radius 3 is 2.63 bits per heavy atom. The first kappa shape index (κ1) is 19.5. The fraction of sp³-hybridized carbons (Fsp3) is 0.500. The molecule has 0 radical (unpaired) electrons. The Labute approximate surface area is 152 Å². The molecule has 0 unspecified atom stereocenters. The Morgan fingerprint density at radius 1 is 1.33 bits per heavy atom. The van der Waals surface area contributed by atoms with Crippen LogP contribution in [0.15, 0.2) is 18.7 Å². The van der Waals surface area contributed by atoms with Gasteiger partial charge < -0.3 is 10.3 Å². The van der Waals surface area contributed by atoms with E-state index in [9.17, 15) is 26.0 Å².